The Kier molecular flexibility index (Phi) is 4.01. The average Bonchev–Trinajstić information content (AvgIpc) is 2.83. The van der Waals surface area contributed by atoms with Crippen molar-refractivity contribution in [2.24, 2.45) is 16.6 Å². The molecule has 0 spiro atoms. The van der Waals surface area contributed by atoms with Gasteiger partial charge in [0.05, 0.1) is 12.9 Å². The van der Waals surface area contributed by atoms with Gasteiger partial charge in [-0.1, -0.05) is 6.92 Å². The van der Waals surface area contributed by atoms with Crippen molar-refractivity contribution in [2.45, 2.75) is 26.3 Å². The summed E-state index contributed by atoms with van der Waals surface area (Å²) >= 11 is 0. The lowest BCUT2D eigenvalue weighted by Gasteiger charge is -2.31. The molecule has 1 aromatic rings. The minimum atomic E-state index is 0.692. The third kappa shape index (κ3) is 3.47. The van der Waals surface area contributed by atoms with Gasteiger partial charge in [0.2, 0.25) is 0 Å². The van der Waals surface area contributed by atoms with E-state index in [1.165, 1.54) is 12.8 Å². The number of aliphatic imine (C=N–C) groups is 1. The molecule has 0 unspecified atom stereocenters. The molecule has 2 rings (SSSR count). The molecule has 0 atom stereocenters. The van der Waals surface area contributed by atoms with E-state index in [1.54, 1.807) is 12.5 Å². The minimum Gasteiger partial charge on any atom is -0.370 e. The molecule has 1 aliphatic rings. The van der Waals surface area contributed by atoms with Gasteiger partial charge in [0.25, 0.3) is 0 Å². The second kappa shape index (κ2) is 5.70. The molecule has 0 bridgehead atoms. The molecule has 0 aliphatic carbocycles. The van der Waals surface area contributed by atoms with E-state index >= 15 is 0 Å². The molecule has 2 heterocycles. The van der Waals surface area contributed by atoms with Crippen LogP contribution in [0.2, 0.25) is 0 Å². The van der Waals surface area contributed by atoms with Crippen molar-refractivity contribution in [3.8, 4) is 0 Å². The van der Waals surface area contributed by atoms with Gasteiger partial charge < -0.3 is 15.2 Å². The number of likely N-dealkylation sites (tertiary alicyclic amines) is 1. The Morgan fingerprint density at radius 3 is 2.88 bits per heavy atom. The van der Waals surface area contributed by atoms with Crippen molar-refractivity contribution in [3.05, 3.63) is 18.7 Å². The fourth-order valence-electron chi connectivity index (χ4n) is 2.04. The van der Waals surface area contributed by atoms with Crippen molar-refractivity contribution in [1.82, 2.24) is 14.5 Å². The van der Waals surface area contributed by atoms with E-state index in [-0.39, 0.29) is 0 Å². The van der Waals surface area contributed by atoms with Crippen molar-refractivity contribution in [3.63, 3.8) is 0 Å². The van der Waals surface area contributed by atoms with Crippen LogP contribution in [0.4, 0.5) is 0 Å². The average molecular weight is 235 g/mol. The molecular weight excluding hydrogens is 214 g/mol. The monoisotopic (exact) mass is 235 g/mol. The summed E-state index contributed by atoms with van der Waals surface area (Å²) in [5.74, 6) is 1.52. The molecule has 5 nitrogen and oxygen atoms in total. The highest BCUT2D eigenvalue weighted by Gasteiger charge is 2.16. The highest BCUT2D eigenvalue weighted by molar-refractivity contribution is 5.78. The summed E-state index contributed by atoms with van der Waals surface area (Å²) in [5, 5.41) is 0. The first-order valence-electron chi connectivity index (χ1n) is 6.26. The van der Waals surface area contributed by atoms with Crippen LogP contribution in [0, 0.1) is 5.92 Å². The highest BCUT2D eigenvalue weighted by atomic mass is 15.3. The summed E-state index contributed by atoms with van der Waals surface area (Å²) < 4.78 is 2.01. The molecule has 17 heavy (non-hydrogen) atoms. The lowest BCUT2D eigenvalue weighted by atomic mass is 10.00. The van der Waals surface area contributed by atoms with Gasteiger partial charge in [-0.15, -0.1) is 0 Å². The SMILES string of the molecule is CC1CCN(C(N)=NCCn2ccnc2)CC1. The maximum atomic E-state index is 5.98. The Morgan fingerprint density at radius 2 is 2.24 bits per heavy atom. The van der Waals surface area contributed by atoms with Gasteiger partial charge in [0.1, 0.15) is 0 Å². The highest BCUT2D eigenvalue weighted by Crippen LogP contribution is 2.15. The van der Waals surface area contributed by atoms with Crippen LogP contribution in [0.5, 0.6) is 0 Å². The molecule has 1 fully saturated rings. The molecule has 1 saturated heterocycles. The van der Waals surface area contributed by atoms with Gasteiger partial charge in [-0.3, -0.25) is 4.99 Å². The number of imidazole rings is 1. The Morgan fingerprint density at radius 1 is 1.47 bits per heavy atom. The number of nitrogens with zero attached hydrogens (tertiary/aromatic N) is 4. The van der Waals surface area contributed by atoms with Crippen LogP contribution in [0.15, 0.2) is 23.7 Å². The molecule has 1 aromatic heterocycles. The van der Waals surface area contributed by atoms with Crippen LogP contribution in [0.3, 0.4) is 0 Å². The quantitative estimate of drug-likeness (QED) is 0.626. The van der Waals surface area contributed by atoms with Gasteiger partial charge in [0.15, 0.2) is 5.96 Å². The number of aromatic nitrogens is 2. The zero-order valence-electron chi connectivity index (χ0n) is 10.4. The zero-order valence-corrected chi connectivity index (χ0v) is 10.4. The van der Waals surface area contributed by atoms with E-state index in [9.17, 15) is 0 Å². The van der Waals surface area contributed by atoms with E-state index < -0.39 is 0 Å². The maximum Gasteiger partial charge on any atom is 0.191 e. The third-order valence-electron chi connectivity index (χ3n) is 3.30. The van der Waals surface area contributed by atoms with Crippen molar-refractivity contribution >= 4 is 5.96 Å². The summed E-state index contributed by atoms with van der Waals surface area (Å²) in [5.41, 5.74) is 5.98. The summed E-state index contributed by atoms with van der Waals surface area (Å²) in [7, 11) is 0. The molecular formula is C12H21N5. The maximum absolute atomic E-state index is 5.98. The number of piperidine rings is 1. The van der Waals surface area contributed by atoms with Crippen LogP contribution in [0.25, 0.3) is 0 Å². The second-order valence-electron chi connectivity index (χ2n) is 4.71. The van der Waals surface area contributed by atoms with Gasteiger partial charge in [-0.2, -0.15) is 0 Å². The smallest absolute Gasteiger partial charge is 0.191 e. The van der Waals surface area contributed by atoms with Crippen molar-refractivity contribution in [1.29, 1.82) is 0 Å². The lowest BCUT2D eigenvalue weighted by Crippen LogP contribution is -2.42. The number of guanidine groups is 1. The fraction of sp³-hybridized carbons (Fsp3) is 0.667. The van der Waals surface area contributed by atoms with E-state index in [0.29, 0.717) is 12.5 Å². The Balaban J connectivity index is 1.77. The Bertz CT molecular complexity index is 349. The van der Waals surface area contributed by atoms with Crippen LogP contribution in [0.1, 0.15) is 19.8 Å². The predicted octanol–water partition coefficient (Wildman–Crippen LogP) is 0.930. The summed E-state index contributed by atoms with van der Waals surface area (Å²) in [6.45, 7) is 5.94. The van der Waals surface area contributed by atoms with E-state index in [2.05, 4.69) is 21.8 Å². The first-order valence-corrected chi connectivity index (χ1v) is 6.26. The zero-order chi connectivity index (χ0) is 12.1. The number of hydrogen-bond donors (Lipinski definition) is 1. The van der Waals surface area contributed by atoms with Crippen LogP contribution >= 0.6 is 0 Å². The van der Waals surface area contributed by atoms with Gasteiger partial charge in [-0.25, -0.2) is 4.98 Å². The predicted molar refractivity (Wildman–Crippen MR) is 68.7 cm³/mol. The van der Waals surface area contributed by atoms with E-state index in [4.69, 9.17) is 5.73 Å². The van der Waals surface area contributed by atoms with Crippen LogP contribution in [-0.2, 0) is 6.54 Å². The van der Waals surface area contributed by atoms with Gasteiger partial charge >= 0.3 is 0 Å². The molecule has 1 aliphatic heterocycles. The third-order valence-corrected chi connectivity index (χ3v) is 3.30. The van der Waals surface area contributed by atoms with Crippen LogP contribution < -0.4 is 5.73 Å². The molecule has 0 radical (unpaired) electrons. The largest absolute Gasteiger partial charge is 0.370 e. The molecule has 0 saturated carbocycles. The summed E-state index contributed by atoms with van der Waals surface area (Å²) in [6, 6.07) is 0. The first kappa shape index (κ1) is 12.0. The number of hydrogen-bond acceptors (Lipinski definition) is 2. The lowest BCUT2D eigenvalue weighted by molar-refractivity contribution is 0.277. The van der Waals surface area contributed by atoms with E-state index in [1.807, 2.05) is 10.8 Å². The van der Waals surface area contributed by atoms with Crippen LogP contribution in [-0.4, -0.2) is 40.0 Å². The van der Waals surface area contributed by atoms with Gasteiger partial charge in [0, 0.05) is 32.0 Å². The number of rotatable bonds is 3. The molecule has 2 N–H and O–H groups in total. The fourth-order valence-corrected chi connectivity index (χ4v) is 2.04. The first-order chi connectivity index (χ1) is 8.25. The van der Waals surface area contributed by atoms with Crippen molar-refractivity contribution < 1.29 is 0 Å². The Labute approximate surface area is 102 Å². The summed E-state index contributed by atoms with van der Waals surface area (Å²) in [6.07, 6.45) is 7.96. The second-order valence-corrected chi connectivity index (χ2v) is 4.71. The number of nitrogens with two attached hydrogens (primary N) is 1. The standard InChI is InChI=1S/C12H21N5/c1-11-2-6-17(7-3-11)12(13)15-5-9-16-8-4-14-10-16/h4,8,10-11H,2-3,5-7,9H2,1H3,(H2,13,15). The van der Waals surface area contributed by atoms with Crippen molar-refractivity contribution in [2.75, 3.05) is 19.6 Å². The van der Waals surface area contributed by atoms with Gasteiger partial charge in [-0.05, 0) is 18.8 Å². The molecule has 0 aromatic carbocycles. The molecule has 5 heteroatoms. The normalized spacial score (nSPS) is 18.6. The van der Waals surface area contributed by atoms with E-state index in [0.717, 1.165) is 25.6 Å². The molecule has 94 valence electrons. The summed E-state index contributed by atoms with van der Waals surface area (Å²) in [4.78, 5) is 10.6. The Hall–Kier alpha value is -1.52. The topological polar surface area (TPSA) is 59.4 Å². The minimum absolute atomic E-state index is 0.692. The molecule has 0 amide bonds.